The van der Waals surface area contributed by atoms with Crippen molar-refractivity contribution in [3.05, 3.63) is 59.2 Å². The molecule has 0 unspecified atom stereocenters. The van der Waals surface area contributed by atoms with Gasteiger partial charge in [0, 0.05) is 12.5 Å². The molecule has 2 aromatic rings. The molecule has 1 N–H and O–H groups in total. The fourth-order valence-electron chi connectivity index (χ4n) is 4.17. The minimum Gasteiger partial charge on any atom is -0.490 e. The van der Waals surface area contributed by atoms with Gasteiger partial charge in [0.05, 0.1) is 19.3 Å². The maximum atomic E-state index is 12.9. The Morgan fingerprint density at radius 1 is 1.06 bits per heavy atom. The summed E-state index contributed by atoms with van der Waals surface area (Å²) in [6, 6.07) is 14.5. The highest BCUT2D eigenvalue weighted by atomic mass is 16.5. The first-order chi connectivity index (χ1) is 15.0. The van der Waals surface area contributed by atoms with E-state index in [4.69, 9.17) is 9.47 Å². The molecule has 0 spiro atoms. The highest BCUT2D eigenvalue weighted by Crippen LogP contribution is 2.31. The van der Waals surface area contributed by atoms with Crippen molar-refractivity contribution in [3.8, 4) is 11.5 Å². The Kier molecular flexibility index (Phi) is 8.35. The SMILES string of the molecule is CCOc1ccc([C@H](C)NC(=O)C2CCN(Cc3cccc(C)c3)CC2)cc1OCC. The van der Waals surface area contributed by atoms with Gasteiger partial charge in [-0.3, -0.25) is 9.69 Å². The number of benzene rings is 2. The Hall–Kier alpha value is -2.53. The molecule has 3 rings (SSSR count). The Labute approximate surface area is 186 Å². The summed E-state index contributed by atoms with van der Waals surface area (Å²) in [6.45, 7) is 12.1. The van der Waals surface area contributed by atoms with E-state index in [-0.39, 0.29) is 17.9 Å². The zero-order chi connectivity index (χ0) is 22.2. The fraction of sp³-hybridized carbons (Fsp3) is 0.500. The molecule has 0 radical (unpaired) electrons. The first-order valence-electron chi connectivity index (χ1n) is 11.5. The molecule has 2 aromatic carbocycles. The van der Waals surface area contributed by atoms with Crippen molar-refractivity contribution in [1.29, 1.82) is 0 Å². The van der Waals surface area contributed by atoms with Crippen LogP contribution < -0.4 is 14.8 Å². The number of rotatable bonds is 9. The monoisotopic (exact) mass is 424 g/mol. The Bertz CT molecular complexity index is 859. The van der Waals surface area contributed by atoms with E-state index >= 15 is 0 Å². The predicted molar refractivity (Wildman–Crippen MR) is 125 cm³/mol. The van der Waals surface area contributed by atoms with E-state index < -0.39 is 0 Å². The summed E-state index contributed by atoms with van der Waals surface area (Å²) in [5.74, 6) is 1.69. The molecule has 0 saturated carbocycles. The zero-order valence-corrected chi connectivity index (χ0v) is 19.3. The van der Waals surface area contributed by atoms with Gasteiger partial charge < -0.3 is 14.8 Å². The van der Waals surface area contributed by atoms with E-state index in [2.05, 4.69) is 41.4 Å². The first-order valence-corrected chi connectivity index (χ1v) is 11.5. The highest BCUT2D eigenvalue weighted by Gasteiger charge is 2.26. The second kappa shape index (κ2) is 11.2. The smallest absolute Gasteiger partial charge is 0.223 e. The molecule has 1 atom stereocenters. The summed E-state index contributed by atoms with van der Waals surface area (Å²) in [7, 11) is 0. The van der Waals surface area contributed by atoms with Crippen LogP contribution in [0.4, 0.5) is 0 Å². The fourth-order valence-corrected chi connectivity index (χ4v) is 4.17. The van der Waals surface area contributed by atoms with Gasteiger partial charge in [-0.15, -0.1) is 0 Å². The van der Waals surface area contributed by atoms with Crippen LogP contribution in [0.25, 0.3) is 0 Å². The van der Waals surface area contributed by atoms with E-state index in [1.807, 2.05) is 39.0 Å². The van der Waals surface area contributed by atoms with Crippen LogP contribution in [0.2, 0.25) is 0 Å². The molecular weight excluding hydrogens is 388 g/mol. The maximum Gasteiger partial charge on any atom is 0.223 e. The van der Waals surface area contributed by atoms with Gasteiger partial charge in [0.25, 0.3) is 0 Å². The molecule has 1 heterocycles. The van der Waals surface area contributed by atoms with E-state index in [1.165, 1.54) is 11.1 Å². The molecule has 1 fully saturated rings. The quantitative estimate of drug-likeness (QED) is 0.623. The molecule has 0 aliphatic carbocycles. The van der Waals surface area contributed by atoms with Crippen LogP contribution in [0.3, 0.4) is 0 Å². The van der Waals surface area contributed by atoms with Crippen LogP contribution >= 0.6 is 0 Å². The molecule has 1 amide bonds. The number of ether oxygens (including phenoxy) is 2. The lowest BCUT2D eigenvalue weighted by atomic mass is 9.94. The molecule has 5 nitrogen and oxygen atoms in total. The van der Waals surface area contributed by atoms with Crippen molar-refractivity contribution in [3.63, 3.8) is 0 Å². The molecule has 1 aliphatic heterocycles. The summed E-state index contributed by atoms with van der Waals surface area (Å²) in [6.07, 6.45) is 1.80. The van der Waals surface area contributed by atoms with Gasteiger partial charge in [-0.25, -0.2) is 0 Å². The van der Waals surface area contributed by atoms with Crippen LogP contribution in [0.15, 0.2) is 42.5 Å². The third-order valence-corrected chi connectivity index (χ3v) is 5.87. The van der Waals surface area contributed by atoms with Crippen LogP contribution in [0, 0.1) is 12.8 Å². The molecule has 1 aliphatic rings. The number of aryl methyl sites for hydroxylation is 1. The summed E-state index contributed by atoms with van der Waals surface area (Å²) in [4.78, 5) is 15.3. The minimum absolute atomic E-state index is 0.0743. The predicted octanol–water partition coefficient (Wildman–Crippen LogP) is 4.88. The van der Waals surface area contributed by atoms with Crippen molar-refractivity contribution in [2.75, 3.05) is 26.3 Å². The van der Waals surface area contributed by atoms with E-state index in [0.717, 1.165) is 49.5 Å². The standard InChI is InChI=1S/C26H36N2O3/c1-5-30-24-11-10-23(17-25(24)31-6-2)20(4)27-26(29)22-12-14-28(15-13-22)18-21-9-7-8-19(3)16-21/h7-11,16-17,20,22H,5-6,12-15,18H2,1-4H3,(H,27,29)/t20-/m0/s1. The van der Waals surface area contributed by atoms with Gasteiger partial charge in [0.2, 0.25) is 5.91 Å². The second-order valence-corrected chi connectivity index (χ2v) is 8.34. The summed E-state index contributed by atoms with van der Waals surface area (Å²) in [5.41, 5.74) is 3.66. The molecule has 5 heteroatoms. The molecule has 1 saturated heterocycles. The number of hydrogen-bond acceptors (Lipinski definition) is 4. The molecule has 31 heavy (non-hydrogen) atoms. The summed E-state index contributed by atoms with van der Waals surface area (Å²) >= 11 is 0. The maximum absolute atomic E-state index is 12.9. The van der Waals surface area contributed by atoms with Crippen molar-refractivity contribution in [1.82, 2.24) is 10.2 Å². The number of nitrogens with zero attached hydrogens (tertiary/aromatic N) is 1. The number of likely N-dealkylation sites (tertiary alicyclic amines) is 1. The Morgan fingerprint density at radius 2 is 1.77 bits per heavy atom. The van der Waals surface area contributed by atoms with Gasteiger partial charge >= 0.3 is 0 Å². The van der Waals surface area contributed by atoms with Crippen molar-refractivity contribution in [2.45, 2.75) is 53.1 Å². The summed E-state index contributed by atoms with van der Waals surface area (Å²) < 4.78 is 11.4. The van der Waals surface area contributed by atoms with Crippen LogP contribution in [0.1, 0.15) is 56.3 Å². The number of carbonyl (C=O) groups excluding carboxylic acids is 1. The second-order valence-electron chi connectivity index (χ2n) is 8.34. The molecule has 0 aromatic heterocycles. The Morgan fingerprint density at radius 3 is 2.45 bits per heavy atom. The van der Waals surface area contributed by atoms with Crippen molar-refractivity contribution >= 4 is 5.91 Å². The molecule has 0 bridgehead atoms. The van der Waals surface area contributed by atoms with Gasteiger partial charge in [-0.1, -0.05) is 35.9 Å². The van der Waals surface area contributed by atoms with Gasteiger partial charge in [-0.05, 0) is 76.9 Å². The lowest BCUT2D eigenvalue weighted by molar-refractivity contribution is -0.127. The lowest BCUT2D eigenvalue weighted by Gasteiger charge is -2.32. The first kappa shape index (κ1) is 23.1. The number of nitrogens with one attached hydrogen (secondary N) is 1. The zero-order valence-electron chi connectivity index (χ0n) is 19.3. The van der Waals surface area contributed by atoms with Crippen LogP contribution in [-0.2, 0) is 11.3 Å². The van der Waals surface area contributed by atoms with Crippen LogP contribution in [-0.4, -0.2) is 37.1 Å². The average molecular weight is 425 g/mol. The highest BCUT2D eigenvalue weighted by molar-refractivity contribution is 5.79. The topological polar surface area (TPSA) is 50.8 Å². The minimum atomic E-state index is -0.0762. The summed E-state index contributed by atoms with van der Waals surface area (Å²) in [5, 5.41) is 3.20. The van der Waals surface area contributed by atoms with Gasteiger partial charge in [-0.2, -0.15) is 0 Å². The number of hydrogen-bond donors (Lipinski definition) is 1. The van der Waals surface area contributed by atoms with E-state index in [1.54, 1.807) is 0 Å². The number of carbonyl (C=O) groups is 1. The number of piperidine rings is 1. The molecule has 168 valence electrons. The average Bonchev–Trinajstić information content (AvgIpc) is 2.75. The largest absolute Gasteiger partial charge is 0.490 e. The lowest BCUT2D eigenvalue weighted by Crippen LogP contribution is -2.40. The van der Waals surface area contributed by atoms with E-state index in [9.17, 15) is 4.79 Å². The van der Waals surface area contributed by atoms with E-state index in [0.29, 0.717) is 13.2 Å². The van der Waals surface area contributed by atoms with Crippen molar-refractivity contribution in [2.24, 2.45) is 5.92 Å². The third-order valence-electron chi connectivity index (χ3n) is 5.87. The van der Waals surface area contributed by atoms with Crippen LogP contribution in [0.5, 0.6) is 11.5 Å². The van der Waals surface area contributed by atoms with Crippen molar-refractivity contribution < 1.29 is 14.3 Å². The van der Waals surface area contributed by atoms with Gasteiger partial charge in [0.15, 0.2) is 11.5 Å². The normalized spacial score (nSPS) is 16.0. The number of amides is 1. The molecular formula is C26H36N2O3. The third kappa shape index (κ3) is 6.47. The Balaban J connectivity index is 1.53. The van der Waals surface area contributed by atoms with Gasteiger partial charge in [0.1, 0.15) is 0 Å².